The largest absolute Gasteiger partial charge is 0.300 e. The van der Waals surface area contributed by atoms with Crippen LogP contribution in [0.5, 0.6) is 0 Å². The zero-order chi connectivity index (χ0) is 8.32. The molecule has 0 saturated carbocycles. The maximum atomic E-state index is 11.2. The topological polar surface area (TPSA) is 17.1 Å². The Hall–Kier alpha value is -0.113. The molecule has 64 valence electrons. The fraction of sp³-hybridized carbons (Fsp3) is 0.889. The van der Waals surface area contributed by atoms with E-state index in [9.17, 15) is 4.79 Å². The lowest BCUT2D eigenvalue weighted by Gasteiger charge is -2.18. The molecule has 0 aromatic rings. The third-order valence-electron chi connectivity index (χ3n) is 2.83. The van der Waals surface area contributed by atoms with Crippen molar-refractivity contribution in [2.75, 3.05) is 0 Å². The molecule has 0 spiro atoms. The zero-order valence-corrected chi connectivity index (χ0v) is 8.65. The minimum atomic E-state index is -1.02. The lowest BCUT2D eigenvalue weighted by Crippen LogP contribution is -2.28. The van der Waals surface area contributed by atoms with Crippen LogP contribution in [-0.4, -0.2) is 13.9 Å². The van der Waals surface area contributed by atoms with Gasteiger partial charge < -0.3 is 4.79 Å². The maximum absolute atomic E-state index is 11.2. The van der Waals surface area contributed by atoms with Gasteiger partial charge in [-0.15, -0.1) is 0 Å². The summed E-state index contributed by atoms with van der Waals surface area (Å²) in [4.78, 5) is 11.2. The second-order valence-corrected chi connectivity index (χ2v) is 9.06. The SMILES string of the molecule is CCC(=O)C[Si]1(C)CCCC1. The van der Waals surface area contributed by atoms with E-state index in [2.05, 4.69) is 6.55 Å². The fourth-order valence-corrected chi connectivity index (χ4v) is 6.02. The van der Waals surface area contributed by atoms with Crippen LogP contribution in [0.15, 0.2) is 0 Å². The Labute approximate surface area is 70.2 Å². The Kier molecular flexibility index (Phi) is 2.88. The van der Waals surface area contributed by atoms with Crippen molar-refractivity contribution >= 4 is 13.9 Å². The van der Waals surface area contributed by atoms with Crippen molar-refractivity contribution in [1.29, 1.82) is 0 Å². The molecule has 1 fully saturated rings. The van der Waals surface area contributed by atoms with Crippen LogP contribution >= 0.6 is 0 Å². The number of hydrogen-bond acceptors (Lipinski definition) is 1. The number of ketones is 1. The van der Waals surface area contributed by atoms with E-state index in [4.69, 9.17) is 0 Å². The van der Waals surface area contributed by atoms with Crippen molar-refractivity contribution in [2.45, 2.75) is 50.9 Å². The molecule has 1 rings (SSSR count). The van der Waals surface area contributed by atoms with Gasteiger partial charge in [0.15, 0.2) is 0 Å². The van der Waals surface area contributed by atoms with Crippen LogP contribution in [-0.2, 0) is 4.79 Å². The van der Waals surface area contributed by atoms with Crippen LogP contribution in [0.1, 0.15) is 26.2 Å². The summed E-state index contributed by atoms with van der Waals surface area (Å²) in [6, 6.07) is 3.76. The highest BCUT2D eigenvalue weighted by molar-refractivity contribution is 6.81. The van der Waals surface area contributed by atoms with Crippen molar-refractivity contribution < 1.29 is 4.79 Å². The summed E-state index contributed by atoms with van der Waals surface area (Å²) in [7, 11) is -1.02. The Bertz CT molecular complexity index is 148. The van der Waals surface area contributed by atoms with Crippen LogP contribution in [0.2, 0.25) is 24.7 Å². The van der Waals surface area contributed by atoms with Gasteiger partial charge in [-0.25, -0.2) is 0 Å². The quantitative estimate of drug-likeness (QED) is 0.595. The highest BCUT2D eigenvalue weighted by Gasteiger charge is 2.32. The van der Waals surface area contributed by atoms with E-state index >= 15 is 0 Å². The normalized spacial score (nSPS) is 22.0. The molecule has 0 amide bonds. The summed E-state index contributed by atoms with van der Waals surface area (Å²) < 4.78 is 0. The van der Waals surface area contributed by atoms with E-state index in [-0.39, 0.29) is 0 Å². The minimum absolute atomic E-state index is 0.501. The highest BCUT2D eigenvalue weighted by atomic mass is 28.3. The molecular weight excluding hydrogens is 152 g/mol. The molecule has 0 unspecified atom stereocenters. The van der Waals surface area contributed by atoms with Crippen molar-refractivity contribution in [1.82, 2.24) is 0 Å². The molecule has 1 nitrogen and oxygen atoms in total. The average molecular weight is 170 g/mol. The number of hydrogen-bond donors (Lipinski definition) is 0. The zero-order valence-electron chi connectivity index (χ0n) is 7.65. The molecule has 0 aliphatic carbocycles. The third kappa shape index (κ3) is 2.44. The lowest BCUT2D eigenvalue weighted by molar-refractivity contribution is -0.116. The first-order chi connectivity index (χ1) is 5.16. The number of carbonyl (C=O) groups is 1. The number of Topliss-reactive ketones (excluding diaryl/α,β-unsaturated/α-hetero) is 1. The van der Waals surface area contributed by atoms with Crippen molar-refractivity contribution in [3.63, 3.8) is 0 Å². The van der Waals surface area contributed by atoms with E-state index in [1.165, 1.54) is 24.9 Å². The van der Waals surface area contributed by atoms with Gasteiger partial charge in [-0.3, -0.25) is 0 Å². The van der Waals surface area contributed by atoms with Gasteiger partial charge in [-0.05, 0) is 0 Å². The van der Waals surface area contributed by atoms with Crippen LogP contribution < -0.4 is 0 Å². The Morgan fingerprint density at radius 3 is 2.36 bits per heavy atom. The number of rotatable bonds is 3. The average Bonchev–Trinajstić information content (AvgIpc) is 2.36. The first kappa shape index (κ1) is 8.98. The van der Waals surface area contributed by atoms with Crippen molar-refractivity contribution in [2.24, 2.45) is 0 Å². The van der Waals surface area contributed by atoms with Gasteiger partial charge in [0, 0.05) is 12.5 Å². The molecule has 0 aromatic heterocycles. The third-order valence-corrected chi connectivity index (χ3v) is 7.20. The van der Waals surface area contributed by atoms with Gasteiger partial charge in [0.05, 0.1) is 8.07 Å². The molecule has 0 N–H and O–H groups in total. The molecule has 0 atom stereocenters. The van der Waals surface area contributed by atoms with E-state index < -0.39 is 8.07 Å². The molecule has 2 heteroatoms. The summed E-state index contributed by atoms with van der Waals surface area (Å²) in [5.41, 5.74) is 0. The van der Waals surface area contributed by atoms with Crippen LogP contribution in [0, 0.1) is 0 Å². The first-order valence-corrected chi connectivity index (χ1v) is 7.80. The molecule has 11 heavy (non-hydrogen) atoms. The molecule has 1 saturated heterocycles. The predicted octanol–water partition coefficient (Wildman–Crippen LogP) is 2.84. The summed E-state index contributed by atoms with van der Waals surface area (Å²) in [6.45, 7) is 4.38. The van der Waals surface area contributed by atoms with E-state index in [0.29, 0.717) is 5.78 Å². The van der Waals surface area contributed by atoms with Gasteiger partial charge in [-0.2, -0.15) is 0 Å². The highest BCUT2D eigenvalue weighted by Crippen LogP contribution is 2.33. The van der Waals surface area contributed by atoms with Crippen molar-refractivity contribution in [3.05, 3.63) is 0 Å². The standard InChI is InChI=1S/C9H18OSi/c1-3-9(10)8-11(2)6-4-5-7-11/h3-8H2,1-2H3. The Morgan fingerprint density at radius 1 is 1.36 bits per heavy atom. The Balaban J connectivity index is 2.39. The second kappa shape index (κ2) is 3.52. The molecule has 1 aliphatic heterocycles. The van der Waals surface area contributed by atoms with Gasteiger partial charge in [0.2, 0.25) is 0 Å². The second-order valence-electron chi connectivity index (χ2n) is 4.09. The van der Waals surface area contributed by atoms with Gasteiger partial charge in [-0.1, -0.05) is 38.4 Å². The summed E-state index contributed by atoms with van der Waals surface area (Å²) >= 11 is 0. The molecule has 1 aliphatic rings. The van der Waals surface area contributed by atoms with Crippen molar-refractivity contribution in [3.8, 4) is 0 Å². The lowest BCUT2D eigenvalue weighted by atomic mass is 10.4. The van der Waals surface area contributed by atoms with E-state index in [1.807, 2.05) is 6.92 Å². The van der Waals surface area contributed by atoms with Gasteiger partial charge in [0.1, 0.15) is 5.78 Å². The minimum Gasteiger partial charge on any atom is -0.300 e. The molecule has 1 heterocycles. The molecule has 0 bridgehead atoms. The van der Waals surface area contributed by atoms with Crippen LogP contribution in [0.25, 0.3) is 0 Å². The Morgan fingerprint density at radius 2 is 1.91 bits per heavy atom. The van der Waals surface area contributed by atoms with E-state index in [0.717, 1.165) is 12.5 Å². The van der Waals surface area contributed by atoms with Crippen LogP contribution in [0.3, 0.4) is 0 Å². The number of carbonyl (C=O) groups excluding carboxylic acids is 1. The fourth-order valence-electron chi connectivity index (χ4n) is 2.01. The summed E-state index contributed by atoms with van der Waals surface area (Å²) in [5, 5.41) is 0. The van der Waals surface area contributed by atoms with E-state index in [1.54, 1.807) is 0 Å². The monoisotopic (exact) mass is 170 g/mol. The van der Waals surface area contributed by atoms with Gasteiger partial charge in [0.25, 0.3) is 0 Å². The summed E-state index contributed by atoms with van der Waals surface area (Å²) in [6.07, 6.45) is 3.53. The van der Waals surface area contributed by atoms with Crippen LogP contribution in [0.4, 0.5) is 0 Å². The smallest absolute Gasteiger partial charge is 0.130 e. The predicted molar refractivity (Wildman–Crippen MR) is 50.6 cm³/mol. The molecular formula is C9H18OSi. The summed E-state index contributed by atoms with van der Waals surface area (Å²) in [5.74, 6) is 0.501. The molecule has 0 aromatic carbocycles. The maximum Gasteiger partial charge on any atom is 0.130 e. The molecule has 0 radical (unpaired) electrons. The first-order valence-electron chi connectivity index (χ1n) is 4.68. The van der Waals surface area contributed by atoms with Gasteiger partial charge >= 0.3 is 0 Å².